The Morgan fingerprint density at radius 1 is 1.27 bits per heavy atom. The Morgan fingerprint density at radius 2 is 2.00 bits per heavy atom. The third kappa shape index (κ3) is 7.79. The van der Waals surface area contributed by atoms with E-state index in [9.17, 15) is 4.79 Å². The molecule has 0 heterocycles. The molecular formula is C11H22BrNO2. The lowest BCUT2D eigenvalue weighted by Crippen LogP contribution is -2.36. The molecule has 0 atom stereocenters. The van der Waals surface area contributed by atoms with Crippen molar-refractivity contribution in [3.63, 3.8) is 0 Å². The number of amides is 1. The second kappa shape index (κ2) is 10.4. The summed E-state index contributed by atoms with van der Waals surface area (Å²) in [5.41, 5.74) is 0. The molecule has 1 amide bonds. The number of halogens is 1. The number of carbonyl (C=O) groups excluding carboxylic acids is 1. The summed E-state index contributed by atoms with van der Waals surface area (Å²) in [5, 5.41) is 0.830. The van der Waals surface area contributed by atoms with E-state index in [-0.39, 0.29) is 12.5 Å². The molecule has 0 aromatic carbocycles. The van der Waals surface area contributed by atoms with Crippen molar-refractivity contribution >= 4 is 21.8 Å². The van der Waals surface area contributed by atoms with Crippen LogP contribution in [0.15, 0.2) is 0 Å². The molecule has 0 radical (unpaired) electrons. The first-order valence-electron chi connectivity index (χ1n) is 5.67. The third-order valence-electron chi connectivity index (χ3n) is 2.06. The summed E-state index contributed by atoms with van der Waals surface area (Å²) in [7, 11) is 0. The van der Waals surface area contributed by atoms with Gasteiger partial charge in [0, 0.05) is 25.0 Å². The predicted molar refractivity (Wildman–Crippen MR) is 66.4 cm³/mol. The van der Waals surface area contributed by atoms with Crippen LogP contribution in [0.4, 0.5) is 0 Å². The average Bonchev–Trinajstić information content (AvgIpc) is 2.24. The Bertz CT molecular complexity index is 165. The van der Waals surface area contributed by atoms with Crippen LogP contribution in [0.3, 0.4) is 0 Å². The van der Waals surface area contributed by atoms with Gasteiger partial charge < -0.3 is 9.64 Å². The normalized spacial score (nSPS) is 10.3. The van der Waals surface area contributed by atoms with Gasteiger partial charge in [0.25, 0.3) is 0 Å². The number of hydrogen-bond donors (Lipinski definition) is 0. The van der Waals surface area contributed by atoms with E-state index in [1.54, 1.807) is 0 Å². The molecular weight excluding hydrogens is 258 g/mol. The van der Waals surface area contributed by atoms with Gasteiger partial charge in [-0.1, -0.05) is 36.2 Å². The highest BCUT2D eigenvalue weighted by Crippen LogP contribution is 1.98. The van der Waals surface area contributed by atoms with Crippen LogP contribution in [0.1, 0.15) is 33.1 Å². The minimum absolute atomic E-state index is 0.108. The predicted octanol–water partition coefficient (Wildman–Crippen LogP) is 2.44. The average molecular weight is 280 g/mol. The second-order valence-corrected chi connectivity index (χ2v) is 4.27. The van der Waals surface area contributed by atoms with Crippen molar-refractivity contribution in [2.45, 2.75) is 33.1 Å². The minimum Gasteiger partial charge on any atom is -0.372 e. The van der Waals surface area contributed by atoms with Gasteiger partial charge in [0.15, 0.2) is 0 Å². The number of nitrogens with zero attached hydrogens (tertiary/aromatic N) is 1. The van der Waals surface area contributed by atoms with E-state index < -0.39 is 0 Å². The van der Waals surface area contributed by atoms with Gasteiger partial charge in [-0.3, -0.25) is 4.79 Å². The van der Waals surface area contributed by atoms with Crippen LogP contribution in [-0.4, -0.2) is 42.4 Å². The number of carbonyl (C=O) groups is 1. The molecule has 0 spiro atoms. The van der Waals surface area contributed by atoms with Crippen molar-refractivity contribution in [3.8, 4) is 0 Å². The topological polar surface area (TPSA) is 29.5 Å². The molecule has 4 heteroatoms. The highest BCUT2D eigenvalue weighted by Gasteiger charge is 2.11. The number of unbranched alkanes of at least 4 members (excludes halogenated alkanes) is 1. The van der Waals surface area contributed by atoms with Gasteiger partial charge in [0.05, 0.1) is 0 Å². The second-order valence-electron chi connectivity index (χ2n) is 3.48. The monoisotopic (exact) mass is 279 g/mol. The molecule has 15 heavy (non-hydrogen) atoms. The van der Waals surface area contributed by atoms with E-state index in [0.717, 1.165) is 37.7 Å². The Kier molecular flexibility index (Phi) is 10.4. The maximum absolute atomic E-state index is 11.7. The van der Waals surface area contributed by atoms with Crippen LogP contribution < -0.4 is 0 Å². The highest BCUT2D eigenvalue weighted by molar-refractivity contribution is 9.09. The van der Waals surface area contributed by atoms with Gasteiger partial charge in [-0.05, 0) is 12.8 Å². The Hall–Kier alpha value is -0.0900. The largest absolute Gasteiger partial charge is 0.372 e. The summed E-state index contributed by atoms with van der Waals surface area (Å²) >= 11 is 3.36. The molecule has 0 saturated heterocycles. The molecule has 0 aromatic rings. The number of rotatable bonds is 9. The Labute approximate surface area is 101 Å². The van der Waals surface area contributed by atoms with Crippen molar-refractivity contribution in [3.05, 3.63) is 0 Å². The molecule has 0 N–H and O–H groups in total. The molecule has 0 fully saturated rings. The fourth-order valence-corrected chi connectivity index (χ4v) is 1.64. The van der Waals surface area contributed by atoms with E-state index in [0.29, 0.717) is 6.61 Å². The molecule has 0 saturated carbocycles. The molecule has 3 nitrogen and oxygen atoms in total. The van der Waals surface area contributed by atoms with Crippen LogP contribution in [-0.2, 0) is 9.53 Å². The van der Waals surface area contributed by atoms with Gasteiger partial charge in [0.2, 0.25) is 5.91 Å². The van der Waals surface area contributed by atoms with Crippen LogP contribution in [0.5, 0.6) is 0 Å². The van der Waals surface area contributed by atoms with E-state index in [4.69, 9.17) is 4.74 Å². The number of ether oxygens (including phenoxy) is 1. The fraction of sp³-hybridized carbons (Fsp3) is 0.909. The first-order chi connectivity index (χ1) is 7.26. The molecule has 0 aliphatic rings. The maximum atomic E-state index is 11.7. The van der Waals surface area contributed by atoms with Crippen LogP contribution in [0.2, 0.25) is 0 Å². The lowest BCUT2D eigenvalue weighted by molar-refractivity contribution is -0.135. The standard InChI is InChI=1S/C11H22BrNO2/c1-3-5-7-13(8-6-12)11(14)10-15-9-4-2/h3-10H2,1-2H3. The highest BCUT2D eigenvalue weighted by atomic mass is 79.9. The van der Waals surface area contributed by atoms with Gasteiger partial charge >= 0.3 is 0 Å². The van der Waals surface area contributed by atoms with E-state index in [1.165, 1.54) is 0 Å². The van der Waals surface area contributed by atoms with Crippen LogP contribution >= 0.6 is 15.9 Å². The van der Waals surface area contributed by atoms with Crippen molar-refractivity contribution in [1.82, 2.24) is 4.90 Å². The zero-order valence-corrected chi connectivity index (χ0v) is 11.4. The summed E-state index contributed by atoms with van der Waals surface area (Å²) < 4.78 is 5.25. The third-order valence-corrected chi connectivity index (χ3v) is 2.42. The van der Waals surface area contributed by atoms with E-state index in [1.807, 2.05) is 11.8 Å². The minimum atomic E-state index is 0.108. The summed E-state index contributed by atoms with van der Waals surface area (Å²) in [6.45, 7) is 6.68. The van der Waals surface area contributed by atoms with Crippen molar-refractivity contribution in [2.75, 3.05) is 31.6 Å². The molecule has 0 aromatic heterocycles. The first-order valence-corrected chi connectivity index (χ1v) is 6.79. The summed E-state index contributed by atoms with van der Waals surface area (Å²) in [5.74, 6) is 0.108. The van der Waals surface area contributed by atoms with Gasteiger partial charge in [0.1, 0.15) is 6.61 Å². The first kappa shape index (κ1) is 14.9. The summed E-state index contributed by atoms with van der Waals surface area (Å²) in [6, 6.07) is 0. The molecule has 0 rings (SSSR count). The molecule has 0 bridgehead atoms. The fourth-order valence-electron chi connectivity index (χ4n) is 1.21. The smallest absolute Gasteiger partial charge is 0.248 e. The van der Waals surface area contributed by atoms with E-state index >= 15 is 0 Å². The number of hydrogen-bond acceptors (Lipinski definition) is 2. The lowest BCUT2D eigenvalue weighted by Gasteiger charge is -2.21. The zero-order chi connectivity index (χ0) is 11.5. The summed E-state index contributed by atoms with van der Waals surface area (Å²) in [6.07, 6.45) is 3.13. The van der Waals surface area contributed by atoms with Crippen molar-refractivity contribution in [1.29, 1.82) is 0 Å². The molecule has 0 aliphatic heterocycles. The Balaban J connectivity index is 3.81. The zero-order valence-electron chi connectivity index (χ0n) is 9.80. The quantitative estimate of drug-likeness (QED) is 0.479. The number of alkyl halides is 1. The molecule has 0 unspecified atom stereocenters. The van der Waals surface area contributed by atoms with Gasteiger partial charge in [-0.2, -0.15) is 0 Å². The van der Waals surface area contributed by atoms with Crippen molar-refractivity contribution in [2.24, 2.45) is 0 Å². The van der Waals surface area contributed by atoms with Crippen LogP contribution in [0.25, 0.3) is 0 Å². The lowest BCUT2D eigenvalue weighted by atomic mass is 10.3. The summed E-state index contributed by atoms with van der Waals surface area (Å²) in [4.78, 5) is 13.6. The van der Waals surface area contributed by atoms with Crippen molar-refractivity contribution < 1.29 is 9.53 Å². The Morgan fingerprint density at radius 3 is 2.53 bits per heavy atom. The van der Waals surface area contributed by atoms with Gasteiger partial charge in [-0.25, -0.2) is 0 Å². The molecule has 0 aliphatic carbocycles. The van der Waals surface area contributed by atoms with Gasteiger partial charge in [-0.15, -0.1) is 0 Å². The SMILES string of the molecule is CCCCN(CCBr)C(=O)COCCC. The maximum Gasteiger partial charge on any atom is 0.248 e. The van der Waals surface area contributed by atoms with Crippen LogP contribution in [0, 0.1) is 0 Å². The molecule has 90 valence electrons. The van der Waals surface area contributed by atoms with E-state index in [2.05, 4.69) is 22.9 Å².